The van der Waals surface area contributed by atoms with E-state index in [2.05, 4.69) is 28.8 Å². The van der Waals surface area contributed by atoms with Crippen LogP contribution < -0.4 is 10.6 Å². The van der Waals surface area contributed by atoms with Gasteiger partial charge < -0.3 is 10.6 Å². The van der Waals surface area contributed by atoms with Gasteiger partial charge in [-0.05, 0) is 50.5 Å². The summed E-state index contributed by atoms with van der Waals surface area (Å²) >= 11 is 1.95. The number of benzene rings is 1. The number of aliphatic imine (C=N–C) groups is 1. The zero-order chi connectivity index (χ0) is 15.8. The number of hydrogen-bond acceptors (Lipinski definition) is 2. The summed E-state index contributed by atoms with van der Waals surface area (Å²) in [5.74, 6) is 0.708. The van der Waals surface area contributed by atoms with E-state index in [9.17, 15) is 4.39 Å². The molecule has 2 rings (SSSR count). The Hall–Kier alpha value is -0.500. The molecule has 0 heterocycles. The van der Waals surface area contributed by atoms with E-state index in [1.54, 1.807) is 6.07 Å². The molecule has 6 heteroatoms. The summed E-state index contributed by atoms with van der Waals surface area (Å²) in [6.45, 7) is 3.49. The Morgan fingerprint density at radius 3 is 2.78 bits per heavy atom. The molecule has 0 aliphatic heterocycles. The Morgan fingerprint density at radius 2 is 2.13 bits per heavy atom. The fourth-order valence-electron chi connectivity index (χ4n) is 2.79. The van der Waals surface area contributed by atoms with Crippen LogP contribution in [-0.2, 0) is 6.42 Å². The molecule has 1 aromatic rings. The average Bonchev–Trinajstić information content (AvgIpc) is 2.97. The third kappa shape index (κ3) is 6.87. The van der Waals surface area contributed by atoms with E-state index in [-0.39, 0.29) is 29.8 Å². The first-order valence-corrected chi connectivity index (χ1v) is 9.32. The minimum absolute atomic E-state index is 0. The van der Waals surface area contributed by atoms with Crippen molar-refractivity contribution in [1.82, 2.24) is 10.6 Å². The van der Waals surface area contributed by atoms with Crippen LogP contribution in [0.4, 0.5) is 4.39 Å². The molecule has 0 amide bonds. The van der Waals surface area contributed by atoms with Gasteiger partial charge in [0.2, 0.25) is 0 Å². The normalized spacial score (nSPS) is 20.9. The molecule has 0 radical (unpaired) electrons. The lowest BCUT2D eigenvalue weighted by Crippen LogP contribution is -2.42. The van der Waals surface area contributed by atoms with Gasteiger partial charge in [-0.25, -0.2) is 4.39 Å². The van der Waals surface area contributed by atoms with Gasteiger partial charge in [0, 0.05) is 24.4 Å². The van der Waals surface area contributed by atoms with E-state index in [1.807, 2.05) is 23.9 Å². The molecule has 2 atom stereocenters. The molecule has 1 aliphatic rings. The summed E-state index contributed by atoms with van der Waals surface area (Å²) in [5.41, 5.74) is 0.727. The van der Waals surface area contributed by atoms with Gasteiger partial charge in [-0.3, -0.25) is 4.99 Å². The van der Waals surface area contributed by atoms with Crippen molar-refractivity contribution in [1.29, 1.82) is 0 Å². The predicted octanol–water partition coefficient (Wildman–Crippen LogP) is 3.83. The van der Waals surface area contributed by atoms with Crippen LogP contribution in [0, 0.1) is 5.82 Å². The number of hydrogen-bond donors (Lipinski definition) is 2. The number of rotatable bonds is 6. The van der Waals surface area contributed by atoms with Crippen LogP contribution in [-0.4, -0.2) is 36.6 Å². The second-order valence-corrected chi connectivity index (χ2v) is 6.75. The van der Waals surface area contributed by atoms with E-state index in [0.717, 1.165) is 23.3 Å². The van der Waals surface area contributed by atoms with Crippen molar-refractivity contribution in [3.63, 3.8) is 0 Å². The highest BCUT2D eigenvalue weighted by molar-refractivity contribution is 14.0. The van der Waals surface area contributed by atoms with Crippen molar-refractivity contribution < 1.29 is 4.39 Å². The summed E-state index contributed by atoms with van der Waals surface area (Å²) in [6, 6.07) is 7.42. The molecule has 0 spiro atoms. The Bertz CT molecular complexity index is 498. The highest BCUT2D eigenvalue weighted by Gasteiger charge is 2.24. The summed E-state index contributed by atoms with van der Waals surface area (Å²) in [5, 5.41) is 7.56. The van der Waals surface area contributed by atoms with Crippen LogP contribution in [0.2, 0.25) is 0 Å². The summed E-state index contributed by atoms with van der Waals surface area (Å²) in [4.78, 5) is 4.59. The topological polar surface area (TPSA) is 36.4 Å². The molecule has 1 aromatic carbocycles. The number of halogens is 2. The van der Waals surface area contributed by atoms with Gasteiger partial charge in [-0.2, -0.15) is 11.8 Å². The highest BCUT2D eigenvalue weighted by Crippen LogP contribution is 2.27. The SMILES string of the molecule is CCNC(=NCCc1ccccc1F)NC1CCC(SC)C1.I. The lowest BCUT2D eigenvalue weighted by molar-refractivity contribution is 0.605. The molecule has 1 fully saturated rings. The minimum atomic E-state index is -0.144. The first kappa shape index (κ1) is 20.5. The van der Waals surface area contributed by atoms with Crippen LogP contribution in [0.3, 0.4) is 0 Å². The Kier molecular flexibility index (Phi) is 9.94. The molecule has 23 heavy (non-hydrogen) atoms. The number of thioether (sulfide) groups is 1. The third-order valence-corrected chi connectivity index (χ3v) is 5.11. The molecule has 0 bridgehead atoms. The maximum atomic E-state index is 13.6. The van der Waals surface area contributed by atoms with Gasteiger partial charge in [-0.1, -0.05) is 18.2 Å². The van der Waals surface area contributed by atoms with Crippen molar-refractivity contribution in [2.24, 2.45) is 4.99 Å². The van der Waals surface area contributed by atoms with Gasteiger partial charge in [0.1, 0.15) is 5.82 Å². The zero-order valence-electron chi connectivity index (χ0n) is 13.8. The van der Waals surface area contributed by atoms with Gasteiger partial charge in [0.15, 0.2) is 5.96 Å². The van der Waals surface area contributed by atoms with E-state index in [4.69, 9.17) is 0 Å². The molecule has 130 valence electrons. The van der Waals surface area contributed by atoms with Crippen molar-refractivity contribution in [3.05, 3.63) is 35.6 Å². The lowest BCUT2D eigenvalue weighted by atomic mass is 10.1. The van der Waals surface area contributed by atoms with Crippen molar-refractivity contribution in [3.8, 4) is 0 Å². The summed E-state index contributed by atoms with van der Waals surface area (Å²) in [7, 11) is 0. The highest BCUT2D eigenvalue weighted by atomic mass is 127. The molecular formula is C17H27FIN3S. The van der Waals surface area contributed by atoms with E-state index in [0.29, 0.717) is 19.0 Å². The molecule has 1 aliphatic carbocycles. The zero-order valence-corrected chi connectivity index (χ0v) is 17.0. The van der Waals surface area contributed by atoms with E-state index in [1.165, 1.54) is 25.3 Å². The van der Waals surface area contributed by atoms with Gasteiger partial charge >= 0.3 is 0 Å². The molecular weight excluding hydrogens is 424 g/mol. The Labute approximate surface area is 160 Å². The summed E-state index contributed by atoms with van der Waals surface area (Å²) < 4.78 is 13.6. The van der Waals surface area contributed by atoms with Crippen LogP contribution >= 0.6 is 35.7 Å². The largest absolute Gasteiger partial charge is 0.357 e. The standard InChI is InChI=1S/C17H26FN3S.HI/c1-3-19-17(21-14-8-9-15(12-14)22-2)20-11-10-13-6-4-5-7-16(13)18;/h4-7,14-15H,3,8-12H2,1-2H3,(H2,19,20,21);1H. The number of nitrogens with zero attached hydrogens (tertiary/aromatic N) is 1. The monoisotopic (exact) mass is 451 g/mol. The summed E-state index contributed by atoms with van der Waals surface area (Å²) in [6.07, 6.45) is 6.47. The van der Waals surface area contributed by atoms with Crippen LogP contribution in [0.5, 0.6) is 0 Å². The fraction of sp³-hybridized carbons (Fsp3) is 0.588. The predicted molar refractivity (Wildman–Crippen MR) is 110 cm³/mol. The molecule has 1 saturated carbocycles. The van der Waals surface area contributed by atoms with Crippen LogP contribution in [0.1, 0.15) is 31.7 Å². The van der Waals surface area contributed by atoms with Crippen molar-refractivity contribution in [2.45, 2.75) is 43.9 Å². The first-order valence-electron chi connectivity index (χ1n) is 8.04. The van der Waals surface area contributed by atoms with Gasteiger partial charge in [0.25, 0.3) is 0 Å². The lowest BCUT2D eigenvalue weighted by Gasteiger charge is -2.17. The Morgan fingerprint density at radius 1 is 1.35 bits per heavy atom. The van der Waals surface area contributed by atoms with Crippen LogP contribution in [0.25, 0.3) is 0 Å². The quantitative estimate of drug-likeness (QED) is 0.392. The van der Waals surface area contributed by atoms with Crippen molar-refractivity contribution >= 4 is 41.7 Å². The van der Waals surface area contributed by atoms with Gasteiger partial charge in [0.05, 0.1) is 0 Å². The van der Waals surface area contributed by atoms with Crippen LogP contribution in [0.15, 0.2) is 29.3 Å². The molecule has 0 saturated heterocycles. The fourth-order valence-corrected chi connectivity index (χ4v) is 3.58. The number of guanidine groups is 1. The second-order valence-electron chi connectivity index (χ2n) is 5.61. The molecule has 3 nitrogen and oxygen atoms in total. The van der Waals surface area contributed by atoms with E-state index >= 15 is 0 Å². The third-order valence-electron chi connectivity index (χ3n) is 4.01. The smallest absolute Gasteiger partial charge is 0.191 e. The van der Waals surface area contributed by atoms with E-state index < -0.39 is 0 Å². The Balaban J connectivity index is 0.00000264. The maximum absolute atomic E-state index is 13.6. The van der Waals surface area contributed by atoms with Crippen molar-refractivity contribution in [2.75, 3.05) is 19.3 Å². The average molecular weight is 451 g/mol. The molecule has 2 N–H and O–H groups in total. The minimum Gasteiger partial charge on any atom is -0.357 e. The molecule has 2 unspecified atom stereocenters. The number of nitrogens with one attached hydrogen (secondary N) is 2. The second kappa shape index (κ2) is 11.1. The first-order chi connectivity index (χ1) is 10.7. The van der Waals surface area contributed by atoms with Gasteiger partial charge in [-0.15, -0.1) is 24.0 Å². The molecule has 0 aromatic heterocycles. The maximum Gasteiger partial charge on any atom is 0.191 e.